The average Bonchev–Trinajstić information content (AvgIpc) is 3.54. The van der Waals surface area contributed by atoms with Gasteiger partial charge in [0.2, 0.25) is 0 Å². The number of carbonyl (C=O) groups excluding carboxylic acids is 1. The summed E-state index contributed by atoms with van der Waals surface area (Å²) in [6, 6.07) is 4.11. The summed E-state index contributed by atoms with van der Waals surface area (Å²) in [7, 11) is 0. The largest absolute Gasteiger partial charge is 0.368 e. The first kappa shape index (κ1) is 15.5. The Morgan fingerprint density at radius 2 is 1.73 bits per heavy atom. The van der Waals surface area contributed by atoms with E-state index in [1.807, 2.05) is 12.4 Å². The van der Waals surface area contributed by atoms with Crippen LogP contribution in [0, 0.1) is 0 Å². The van der Waals surface area contributed by atoms with Crippen molar-refractivity contribution in [2.75, 3.05) is 42.5 Å². The van der Waals surface area contributed by atoms with Crippen molar-refractivity contribution < 1.29 is 4.79 Å². The third-order valence-electron chi connectivity index (χ3n) is 5.43. The van der Waals surface area contributed by atoms with Crippen molar-refractivity contribution in [3.05, 3.63) is 41.6 Å². The molecule has 134 valence electrons. The van der Waals surface area contributed by atoms with E-state index in [2.05, 4.69) is 37.2 Å². The van der Waals surface area contributed by atoms with Gasteiger partial charge in [-0.25, -0.2) is 9.97 Å². The molecular formula is C19H22N6O. The van der Waals surface area contributed by atoms with Crippen molar-refractivity contribution in [1.82, 2.24) is 20.3 Å². The number of piperazine rings is 1. The molecule has 5 rings (SSSR count). The highest BCUT2D eigenvalue weighted by molar-refractivity contribution is 5.96. The Kier molecular flexibility index (Phi) is 3.72. The Labute approximate surface area is 152 Å². The Balaban J connectivity index is 1.42. The molecule has 1 aliphatic carbocycles. The smallest absolute Gasteiger partial charge is 0.270 e. The van der Waals surface area contributed by atoms with Crippen molar-refractivity contribution >= 4 is 17.4 Å². The van der Waals surface area contributed by atoms with Crippen LogP contribution in [0.1, 0.15) is 40.6 Å². The third-order valence-corrected chi connectivity index (χ3v) is 5.43. The highest BCUT2D eigenvalue weighted by Gasteiger charge is 2.33. The van der Waals surface area contributed by atoms with E-state index in [0.29, 0.717) is 18.2 Å². The Hall–Kier alpha value is -2.70. The lowest BCUT2D eigenvalue weighted by Gasteiger charge is -2.38. The van der Waals surface area contributed by atoms with E-state index in [1.54, 1.807) is 0 Å². The predicted molar refractivity (Wildman–Crippen MR) is 98.7 cm³/mol. The summed E-state index contributed by atoms with van der Waals surface area (Å²) in [4.78, 5) is 30.6. The number of anilines is 2. The van der Waals surface area contributed by atoms with Gasteiger partial charge < -0.3 is 15.1 Å². The Morgan fingerprint density at radius 1 is 1.00 bits per heavy atom. The number of nitrogens with one attached hydrogen (secondary N) is 1. The summed E-state index contributed by atoms with van der Waals surface area (Å²) in [6.07, 6.45) is 6.75. The van der Waals surface area contributed by atoms with E-state index in [1.165, 1.54) is 5.69 Å². The first-order chi connectivity index (χ1) is 12.8. The molecule has 0 aromatic carbocycles. The molecule has 1 N–H and O–H groups in total. The molecule has 0 atom stereocenters. The van der Waals surface area contributed by atoms with Crippen molar-refractivity contribution in [2.45, 2.75) is 25.2 Å². The molecule has 0 unspecified atom stereocenters. The molecule has 3 aliphatic rings. The van der Waals surface area contributed by atoms with Crippen molar-refractivity contribution in [3.8, 4) is 0 Å². The first-order valence-corrected chi connectivity index (χ1v) is 9.38. The molecular weight excluding hydrogens is 328 g/mol. The molecule has 7 nitrogen and oxygen atoms in total. The zero-order valence-electron chi connectivity index (χ0n) is 14.7. The summed E-state index contributed by atoms with van der Waals surface area (Å²) < 4.78 is 0. The topological polar surface area (TPSA) is 74.2 Å². The van der Waals surface area contributed by atoms with E-state index in [9.17, 15) is 4.79 Å². The van der Waals surface area contributed by atoms with E-state index >= 15 is 0 Å². The van der Waals surface area contributed by atoms with Gasteiger partial charge in [-0.05, 0) is 31.4 Å². The van der Waals surface area contributed by atoms with Gasteiger partial charge in [-0.1, -0.05) is 0 Å². The van der Waals surface area contributed by atoms with Crippen LogP contribution in [-0.2, 0) is 6.42 Å². The first-order valence-electron chi connectivity index (χ1n) is 9.38. The molecule has 2 aromatic rings. The summed E-state index contributed by atoms with van der Waals surface area (Å²) in [5, 5.41) is 2.92. The number of nitrogens with zero attached hydrogens (tertiary/aromatic N) is 5. The van der Waals surface area contributed by atoms with Gasteiger partial charge >= 0.3 is 0 Å². The van der Waals surface area contributed by atoms with Crippen LogP contribution in [0.5, 0.6) is 0 Å². The van der Waals surface area contributed by atoms with Crippen molar-refractivity contribution in [2.24, 2.45) is 0 Å². The predicted octanol–water partition coefficient (Wildman–Crippen LogP) is 1.36. The maximum absolute atomic E-state index is 12.3. The normalized spacial score (nSPS) is 19.9. The monoisotopic (exact) mass is 350 g/mol. The lowest BCUT2D eigenvalue weighted by Crippen LogP contribution is -2.48. The number of rotatable bonds is 3. The number of amides is 1. The molecule has 0 bridgehead atoms. The summed E-state index contributed by atoms with van der Waals surface area (Å²) in [5.41, 5.74) is 2.83. The minimum atomic E-state index is -0.0489. The van der Waals surface area contributed by atoms with Gasteiger partial charge in [0.25, 0.3) is 5.91 Å². The number of aromatic nitrogens is 3. The van der Waals surface area contributed by atoms with Crippen LogP contribution in [0.15, 0.2) is 24.5 Å². The molecule has 26 heavy (non-hydrogen) atoms. The van der Waals surface area contributed by atoms with Crippen LogP contribution in [0.4, 0.5) is 11.5 Å². The van der Waals surface area contributed by atoms with Crippen molar-refractivity contribution in [1.29, 1.82) is 0 Å². The molecule has 2 aromatic heterocycles. The van der Waals surface area contributed by atoms with Crippen LogP contribution in [0.3, 0.4) is 0 Å². The molecule has 1 saturated carbocycles. The van der Waals surface area contributed by atoms with Crippen LogP contribution in [0.25, 0.3) is 0 Å². The molecule has 0 radical (unpaired) electrons. The van der Waals surface area contributed by atoms with Crippen LogP contribution < -0.4 is 15.1 Å². The Morgan fingerprint density at radius 3 is 2.46 bits per heavy atom. The summed E-state index contributed by atoms with van der Waals surface area (Å²) in [5.74, 6) is 2.23. The van der Waals surface area contributed by atoms with Crippen LogP contribution >= 0.6 is 0 Å². The zero-order valence-corrected chi connectivity index (χ0v) is 14.7. The fraction of sp³-hybridized carbons (Fsp3) is 0.474. The fourth-order valence-corrected chi connectivity index (χ4v) is 3.81. The van der Waals surface area contributed by atoms with E-state index in [-0.39, 0.29) is 5.91 Å². The van der Waals surface area contributed by atoms with Crippen LogP contribution in [-0.4, -0.2) is 53.6 Å². The Bertz CT molecular complexity index is 827. The highest BCUT2D eigenvalue weighted by atomic mass is 16.1. The van der Waals surface area contributed by atoms with Gasteiger partial charge in [-0.2, -0.15) is 0 Å². The second-order valence-corrected chi connectivity index (χ2v) is 7.19. The maximum atomic E-state index is 12.3. The molecule has 0 spiro atoms. The van der Waals surface area contributed by atoms with E-state index in [4.69, 9.17) is 4.98 Å². The standard InChI is InChI=1S/C19H22N6O/c26-19-16-15(5-8-21-19)18(23-17(22-16)13-1-2-13)25-11-9-24(10-12-25)14-3-6-20-7-4-14/h3-4,6-7,13H,1-2,5,8-12H2,(H,21,26). The minimum absolute atomic E-state index is 0.0489. The molecule has 1 amide bonds. The number of fused-ring (bicyclic) bond motifs is 1. The lowest BCUT2D eigenvalue weighted by atomic mass is 10.0. The third kappa shape index (κ3) is 2.77. The van der Waals surface area contributed by atoms with Gasteiger partial charge in [0.15, 0.2) is 0 Å². The molecule has 2 fully saturated rings. The quantitative estimate of drug-likeness (QED) is 0.901. The van der Waals surface area contributed by atoms with E-state index in [0.717, 1.165) is 62.6 Å². The van der Waals surface area contributed by atoms with Gasteiger partial charge in [-0.15, -0.1) is 0 Å². The molecule has 4 heterocycles. The number of carbonyl (C=O) groups is 1. The molecule has 7 heteroatoms. The highest BCUT2D eigenvalue weighted by Crippen LogP contribution is 2.40. The number of pyridine rings is 1. The molecule has 1 saturated heterocycles. The van der Waals surface area contributed by atoms with Crippen molar-refractivity contribution in [3.63, 3.8) is 0 Å². The summed E-state index contributed by atoms with van der Waals surface area (Å²) >= 11 is 0. The molecule has 2 aliphatic heterocycles. The van der Waals surface area contributed by atoms with Crippen LogP contribution in [0.2, 0.25) is 0 Å². The zero-order chi connectivity index (χ0) is 17.5. The lowest BCUT2D eigenvalue weighted by molar-refractivity contribution is 0.0940. The average molecular weight is 350 g/mol. The SMILES string of the molecule is O=C1NCCc2c1nc(C1CC1)nc2N1CCN(c2ccncc2)CC1. The van der Waals surface area contributed by atoms with Gasteiger partial charge in [0.05, 0.1) is 0 Å². The summed E-state index contributed by atoms with van der Waals surface area (Å²) in [6.45, 7) is 4.35. The fourth-order valence-electron chi connectivity index (χ4n) is 3.81. The minimum Gasteiger partial charge on any atom is -0.368 e. The van der Waals surface area contributed by atoms with E-state index < -0.39 is 0 Å². The second-order valence-electron chi connectivity index (χ2n) is 7.19. The second kappa shape index (κ2) is 6.23. The van der Waals surface area contributed by atoms with Gasteiger partial charge in [-0.3, -0.25) is 9.78 Å². The van der Waals surface area contributed by atoms with Gasteiger partial charge in [0.1, 0.15) is 17.3 Å². The maximum Gasteiger partial charge on any atom is 0.270 e. The van der Waals surface area contributed by atoms with Gasteiger partial charge in [0, 0.05) is 62.3 Å². The number of hydrogen-bond acceptors (Lipinski definition) is 6. The number of hydrogen-bond donors (Lipinski definition) is 1.